The number of anilines is 1. The van der Waals surface area contributed by atoms with Crippen molar-refractivity contribution in [1.82, 2.24) is 20.8 Å². The summed E-state index contributed by atoms with van der Waals surface area (Å²) in [4.78, 5) is 10.6. The topological polar surface area (TPSA) is 78.6 Å². The molecule has 0 aliphatic rings. The first kappa shape index (κ1) is 22.2. The summed E-state index contributed by atoms with van der Waals surface area (Å²) in [5.41, 5.74) is 3.28. The highest BCUT2D eigenvalue weighted by Gasteiger charge is 2.13. The second-order valence-electron chi connectivity index (χ2n) is 5.93. The van der Waals surface area contributed by atoms with Gasteiger partial charge in [-0.15, -0.1) is 24.0 Å². The van der Waals surface area contributed by atoms with Crippen molar-refractivity contribution < 1.29 is 4.52 Å². The minimum atomic E-state index is 0. The molecule has 0 aromatic carbocycles. The van der Waals surface area contributed by atoms with Gasteiger partial charge >= 0.3 is 0 Å². The average Bonchev–Trinajstić information content (AvgIpc) is 3.04. The van der Waals surface area contributed by atoms with Crippen molar-refractivity contribution in [3.05, 3.63) is 40.9 Å². The van der Waals surface area contributed by atoms with Crippen molar-refractivity contribution in [2.45, 2.75) is 39.8 Å². The summed E-state index contributed by atoms with van der Waals surface area (Å²) >= 11 is 0. The molecule has 0 atom stereocenters. The molecule has 0 fully saturated rings. The van der Waals surface area contributed by atoms with Crippen LogP contribution in [0, 0.1) is 0 Å². The van der Waals surface area contributed by atoms with Gasteiger partial charge in [-0.1, -0.05) is 19.0 Å². The summed E-state index contributed by atoms with van der Waals surface area (Å²) < 4.78 is 5.40. The molecule has 0 spiro atoms. The maximum atomic E-state index is 5.40. The van der Waals surface area contributed by atoms with Gasteiger partial charge in [-0.25, -0.2) is 4.98 Å². The molecule has 26 heavy (non-hydrogen) atoms. The molecule has 0 unspecified atom stereocenters. The first-order valence-corrected chi connectivity index (χ1v) is 8.62. The van der Waals surface area contributed by atoms with Crippen LogP contribution in [0.5, 0.6) is 0 Å². The zero-order valence-electron chi connectivity index (χ0n) is 16.2. The molecule has 0 aliphatic carbocycles. The largest absolute Gasteiger partial charge is 0.363 e. The standard InChI is InChI=1S/C18H28N6O.HI/c1-6-15-14(16(7-2)25-23-15)12-22-18(19-3)21-11-13-8-9-20-17(10-13)24(4)5;/h8-10H,6-7,11-12H2,1-5H3,(H2,19,21,22);1H. The van der Waals surface area contributed by atoms with Gasteiger partial charge in [0.05, 0.1) is 5.69 Å². The first-order valence-electron chi connectivity index (χ1n) is 8.62. The minimum Gasteiger partial charge on any atom is -0.363 e. The average molecular weight is 472 g/mol. The number of hydrogen-bond donors (Lipinski definition) is 2. The number of hydrogen-bond acceptors (Lipinski definition) is 5. The second kappa shape index (κ2) is 11.0. The van der Waals surface area contributed by atoms with Crippen molar-refractivity contribution >= 4 is 35.8 Å². The lowest BCUT2D eigenvalue weighted by Gasteiger charge is -2.14. The maximum Gasteiger partial charge on any atom is 0.191 e. The fraction of sp³-hybridized carbons (Fsp3) is 0.500. The van der Waals surface area contributed by atoms with E-state index in [2.05, 4.69) is 45.7 Å². The van der Waals surface area contributed by atoms with Crippen molar-refractivity contribution in [3.63, 3.8) is 0 Å². The normalized spacial score (nSPS) is 11.0. The van der Waals surface area contributed by atoms with E-state index < -0.39 is 0 Å². The zero-order chi connectivity index (χ0) is 18.2. The summed E-state index contributed by atoms with van der Waals surface area (Å²) in [7, 11) is 5.73. The third-order valence-corrected chi connectivity index (χ3v) is 3.99. The fourth-order valence-electron chi connectivity index (χ4n) is 2.53. The van der Waals surface area contributed by atoms with E-state index in [1.54, 1.807) is 7.05 Å². The van der Waals surface area contributed by atoms with Crippen LogP contribution in [0.1, 0.15) is 36.4 Å². The Morgan fingerprint density at radius 3 is 2.54 bits per heavy atom. The van der Waals surface area contributed by atoms with Gasteiger partial charge in [0.25, 0.3) is 0 Å². The third kappa shape index (κ3) is 5.86. The van der Waals surface area contributed by atoms with Crippen molar-refractivity contribution in [2.75, 3.05) is 26.0 Å². The number of nitrogens with zero attached hydrogens (tertiary/aromatic N) is 4. The molecule has 2 rings (SSSR count). The van der Waals surface area contributed by atoms with E-state index in [1.807, 2.05) is 31.3 Å². The number of pyridine rings is 1. The molecule has 0 saturated carbocycles. The Bertz CT molecular complexity index is 692. The predicted octanol–water partition coefficient (Wildman–Crippen LogP) is 2.74. The highest BCUT2D eigenvalue weighted by atomic mass is 127. The van der Waals surface area contributed by atoms with Crippen LogP contribution in [0.3, 0.4) is 0 Å². The lowest BCUT2D eigenvalue weighted by molar-refractivity contribution is 0.380. The molecule has 2 heterocycles. The fourth-order valence-corrected chi connectivity index (χ4v) is 2.53. The number of aryl methyl sites for hydroxylation is 2. The van der Waals surface area contributed by atoms with E-state index in [4.69, 9.17) is 4.52 Å². The Balaban J connectivity index is 0.00000338. The Hall–Kier alpha value is -1.84. The quantitative estimate of drug-likeness (QED) is 0.367. The van der Waals surface area contributed by atoms with Crippen LogP contribution in [0.4, 0.5) is 5.82 Å². The van der Waals surface area contributed by atoms with Crippen LogP contribution in [0.15, 0.2) is 27.8 Å². The highest BCUT2D eigenvalue weighted by molar-refractivity contribution is 14.0. The van der Waals surface area contributed by atoms with Crippen molar-refractivity contribution in [3.8, 4) is 0 Å². The lowest BCUT2D eigenvalue weighted by Crippen LogP contribution is -2.36. The van der Waals surface area contributed by atoms with E-state index in [0.29, 0.717) is 13.1 Å². The minimum absolute atomic E-state index is 0. The second-order valence-corrected chi connectivity index (χ2v) is 5.93. The van der Waals surface area contributed by atoms with Crippen LogP contribution in [0.25, 0.3) is 0 Å². The predicted molar refractivity (Wildman–Crippen MR) is 116 cm³/mol. The highest BCUT2D eigenvalue weighted by Crippen LogP contribution is 2.15. The molecule has 0 aliphatic heterocycles. The number of nitrogens with one attached hydrogen (secondary N) is 2. The first-order chi connectivity index (χ1) is 12.1. The van der Waals surface area contributed by atoms with Crippen LogP contribution in [0.2, 0.25) is 0 Å². The summed E-state index contributed by atoms with van der Waals surface area (Å²) in [5.74, 6) is 2.62. The van der Waals surface area contributed by atoms with Gasteiger partial charge in [0, 0.05) is 52.4 Å². The van der Waals surface area contributed by atoms with Crippen molar-refractivity contribution in [2.24, 2.45) is 4.99 Å². The molecule has 2 aromatic rings. The summed E-state index contributed by atoms with van der Waals surface area (Å²) in [5, 5.41) is 10.8. The van der Waals surface area contributed by atoms with E-state index in [0.717, 1.165) is 47.2 Å². The van der Waals surface area contributed by atoms with Crippen LogP contribution < -0.4 is 15.5 Å². The van der Waals surface area contributed by atoms with Gasteiger partial charge in [-0.2, -0.15) is 0 Å². The van der Waals surface area contributed by atoms with Gasteiger partial charge in [-0.05, 0) is 24.1 Å². The maximum absolute atomic E-state index is 5.40. The third-order valence-electron chi connectivity index (χ3n) is 3.99. The molecule has 0 bridgehead atoms. The summed E-state index contributed by atoms with van der Waals surface area (Å²) in [6.45, 7) is 5.48. The monoisotopic (exact) mass is 472 g/mol. The van der Waals surface area contributed by atoms with E-state index in [-0.39, 0.29) is 24.0 Å². The smallest absolute Gasteiger partial charge is 0.191 e. The molecule has 2 N–H and O–H groups in total. The molecule has 2 aromatic heterocycles. The van der Waals surface area contributed by atoms with Crippen LogP contribution in [-0.4, -0.2) is 37.2 Å². The van der Waals surface area contributed by atoms with Gasteiger partial charge in [0.2, 0.25) is 0 Å². The molecule has 8 heteroatoms. The van der Waals surface area contributed by atoms with Crippen LogP contribution in [-0.2, 0) is 25.9 Å². The molecule has 0 radical (unpaired) electrons. The van der Waals surface area contributed by atoms with E-state index >= 15 is 0 Å². The van der Waals surface area contributed by atoms with Gasteiger partial charge < -0.3 is 20.1 Å². The molecule has 0 saturated heterocycles. The molecule has 0 amide bonds. The van der Waals surface area contributed by atoms with E-state index in [1.165, 1.54) is 0 Å². The summed E-state index contributed by atoms with van der Waals surface area (Å²) in [6.07, 6.45) is 3.51. The summed E-state index contributed by atoms with van der Waals surface area (Å²) in [6, 6.07) is 4.06. The molecule has 7 nitrogen and oxygen atoms in total. The number of halogens is 1. The molecular formula is C18H29IN6O. The Morgan fingerprint density at radius 1 is 1.19 bits per heavy atom. The number of guanidine groups is 1. The van der Waals surface area contributed by atoms with Crippen LogP contribution >= 0.6 is 24.0 Å². The van der Waals surface area contributed by atoms with Gasteiger partial charge in [0.15, 0.2) is 5.96 Å². The number of rotatable bonds is 7. The van der Waals surface area contributed by atoms with Gasteiger partial charge in [0.1, 0.15) is 11.6 Å². The Kier molecular flexibility index (Phi) is 9.39. The number of aromatic nitrogens is 2. The lowest BCUT2D eigenvalue weighted by atomic mass is 10.1. The molecule has 144 valence electrons. The van der Waals surface area contributed by atoms with E-state index in [9.17, 15) is 0 Å². The number of aliphatic imine (C=N–C) groups is 1. The Labute approximate surface area is 172 Å². The van der Waals surface area contributed by atoms with Crippen molar-refractivity contribution in [1.29, 1.82) is 0 Å². The molecular weight excluding hydrogens is 443 g/mol. The zero-order valence-corrected chi connectivity index (χ0v) is 18.5. The Morgan fingerprint density at radius 2 is 1.92 bits per heavy atom. The SMILES string of the molecule is CCc1noc(CC)c1CNC(=NC)NCc1ccnc(N(C)C)c1.I. The van der Waals surface area contributed by atoms with Gasteiger partial charge in [-0.3, -0.25) is 4.99 Å².